The first-order valence-electron chi connectivity index (χ1n) is 6.55. The summed E-state index contributed by atoms with van der Waals surface area (Å²) in [6.07, 6.45) is 0.831. The summed E-state index contributed by atoms with van der Waals surface area (Å²) in [5, 5.41) is 5.71. The number of quaternary nitrogens is 1. The zero-order valence-electron chi connectivity index (χ0n) is 12.0. The van der Waals surface area contributed by atoms with Gasteiger partial charge in [-0.1, -0.05) is 17.7 Å². The maximum Gasteiger partial charge on any atom is 0.313 e. The standard InChI is InChI=1S/C14H20ClN3O2/c1-10-11(15)6-4-7-12(10)17-14(20)13(19)16-8-5-9-18(2)3/h4,6-7H,5,8-9H2,1-3H3,(H,16,19)(H,17,20)/p+1. The zero-order chi connectivity index (χ0) is 15.1. The minimum Gasteiger partial charge on any atom is -0.348 e. The molecule has 1 aromatic rings. The van der Waals surface area contributed by atoms with E-state index in [9.17, 15) is 9.59 Å². The molecule has 6 heteroatoms. The highest BCUT2D eigenvalue weighted by Crippen LogP contribution is 2.22. The van der Waals surface area contributed by atoms with Crippen molar-refractivity contribution in [2.75, 3.05) is 32.5 Å². The van der Waals surface area contributed by atoms with E-state index in [0.29, 0.717) is 17.3 Å². The zero-order valence-corrected chi connectivity index (χ0v) is 12.8. The van der Waals surface area contributed by atoms with Crippen molar-refractivity contribution in [3.05, 3.63) is 28.8 Å². The van der Waals surface area contributed by atoms with Crippen LogP contribution in [0.2, 0.25) is 5.02 Å². The van der Waals surface area contributed by atoms with Gasteiger partial charge < -0.3 is 15.5 Å². The summed E-state index contributed by atoms with van der Waals surface area (Å²) < 4.78 is 0. The number of rotatable bonds is 5. The largest absolute Gasteiger partial charge is 0.348 e. The van der Waals surface area contributed by atoms with Crippen LogP contribution in [0.3, 0.4) is 0 Å². The van der Waals surface area contributed by atoms with Crippen molar-refractivity contribution < 1.29 is 14.5 Å². The average Bonchev–Trinajstić information content (AvgIpc) is 2.39. The molecule has 0 saturated carbocycles. The Hall–Kier alpha value is -1.59. The molecule has 0 heterocycles. The molecule has 0 fully saturated rings. The molecule has 5 nitrogen and oxygen atoms in total. The van der Waals surface area contributed by atoms with E-state index in [1.54, 1.807) is 25.1 Å². The van der Waals surface area contributed by atoms with E-state index < -0.39 is 11.8 Å². The van der Waals surface area contributed by atoms with Gasteiger partial charge in [0, 0.05) is 23.7 Å². The summed E-state index contributed by atoms with van der Waals surface area (Å²) >= 11 is 5.95. The summed E-state index contributed by atoms with van der Waals surface area (Å²) in [5.74, 6) is -1.30. The smallest absolute Gasteiger partial charge is 0.313 e. The predicted octanol–water partition coefficient (Wildman–Crippen LogP) is 0.238. The van der Waals surface area contributed by atoms with Gasteiger partial charge in [0.2, 0.25) is 0 Å². The molecule has 1 aromatic carbocycles. The van der Waals surface area contributed by atoms with Crippen LogP contribution in [-0.4, -0.2) is 39.0 Å². The minimum atomic E-state index is -0.674. The average molecular weight is 299 g/mol. The molecule has 0 radical (unpaired) electrons. The molecule has 0 bridgehead atoms. The van der Waals surface area contributed by atoms with Crippen LogP contribution >= 0.6 is 11.6 Å². The molecule has 110 valence electrons. The fourth-order valence-electron chi connectivity index (χ4n) is 1.65. The van der Waals surface area contributed by atoms with Crippen molar-refractivity contribution in [1.82, 2.24) is 5.32 Å². The van der Waals surface area contributed by atoms with Crippen LogP contribution < -0.4 is 15.5 Å². The maximum absolute atomic E-state index is 11.7. The van der Waals surface area contributed by atoms with Crippen molar-refractivity contribution in [3.8, 4) is 0 Å². The molecule has 3 N–H and O–H groups in total. The fourth-order valence-corrected chi connectivity index (χ4v) is 1.82. The van der Waals surface area contributed by atoms with Crippen molar-refractivity contribution >= 4 is 29.1 Å². The molecule has 0 atom stereocenters. The monoisotopic (exact) mass is 298 g/mol. The Bertz CT molecular complexity index is 489. The van der Waals surface area contributed by atoms with Gasteiger partial charge in [-0.2, -0.15) is 0 Å². The van der Waals surface area contributed by atoms with E-state index >= 15 is 0 Å². The molecule has 2 amide bonds. The highest BCUT2D eigenvalue weighted by atomic mass is 35.5. The van der Waals surface area contributed by atoms with Gasteiger partial charge in [0.15, 0.2) is 0 Å². The Balaban J connectivity index is 2.46. The first-order chi connectivity index (χ1) is 9.41. The number of benzene rings is 1. The van der Waals surface area contributed by atoms with Crippen LogP contribution in [0.25, 0.3) is 0 Å². The maximum atomic E-state index is 11.7. The lowest BCUT2D eigenvalue weighted by Gasteiger charge is -2.10. The summed E-state index contributed by atoms with van der Waals surface area (Å²) in [6.45, 7) is 3.22. The molecule has 20 heavy (non-hydrogen) atoms. The highest BCUT2D eigenvalue weighted by molar-refractivity contribution is 6.40. The van der Waals surface area contributed by atoms with Gasteiger partial charge in [-0.25, -0.2) is 0 Å². The Morgan fingerprint density at radius 1 is 1.25 bits per heavy atom. The molecule has 1 rings (SSSR count). The summed E-state index contributed by atoms with van der Waals surface area (Å²) in [7, 11) is 4.08. The van der Waals surface area contributed by atoms with Gasteiger partial charge >= 0.3 is 11.8 Å². The van der Waals surface area contributed by atoms with Crippen LogP contribution in [-0.2, 0) is 9.59 Å². The Labute approximate surface area is 124 Å². The first-order valence-corrected chi connectivity index (χ1v) is 6.93. The van der Waals surface area contributed by atoms with Crippen LogP contribution in [0.5, 0.6) is 0 Å². The van der Waals surface area contributed by atoms with E-state index in [4.69, 9.17) is 11.6 Å². The lowest BCUT2D eigenvalue weighted by Crippen LogP contribution is -3.05. The van der Waals surface area contributed by atoms with Crippen molar-refractivity contribution in [2.45, 2.75) is 13.3 Å². The Morgan fingerprint density at radius 2 is 1.95 bits per heavy atom. The van der Waals surface area contributed by atoms with Crippen LogP contribution in [0.1, 0.15) is 12.0 Å². The van der Waals surface area contributed by atoms with Gasteiger partial charge in [-0.15, -0.1) is 0 Å². The van der Waals surface area contributed by atoms with Crippen LogP contribution in [0.15, 0.2) is 18.2 Å². The SMILES string of the molecule is Cc1c(Cl)cccc1NC(=O)C(=O)NCCC[NH+](C)C. The summed E-state index contributed by atoms with van der Waals surface area (Å²) in [6, 6.07) is 5.17. The second-order valence-corrected chi connectivity index (χ2v) is 5.34. The number of hydrogen-bond acceptors (Lipinski definition) is 2. The van der Waals surface area contributed by atoms with Crippen molar-refractivity contribution in [3.63, 3.8) is 0 Å². The molecule has 0 aliphatic heterocycles. The lowest BCUT2D eigenvalue weighted by atomic mass is 10.2. The van der Waals surface area contributed by atoms with E-state index in [-0.39, 0.29) is 0 Å². The number of anilines is 1. The Morgan fingerprint density at radius 3 is 2.60 bits per heavy atom. The first kappa shape index (κ1) is 16.5. The number of hydrogen-bond donors (Lipinski definition) is 3. The number of carbonyl (C=O) groups is 2. The van der Waals surface area contributed by atoms with Gasteiger partial charge in [0.05, 0.1) is 20.6 Å². The molecule has 0 unspecified atom stereocenters. The van der Waals surface area contributed by atoms with Gasteiger partial charge in [-0.05, 0) is 24.6 Å². The van der Waals surface area contributed by atoms with Crippen LogP contribution in [0.4, 0.5) is 5.69 Å². The van der Waals surface area contributed by atoms with Crippen LogP contribution in [0, 0.1) is 6.92 Å². The number of amides is 2. The number of nitrogens with one attached hydrogen (secondary N) is 3. The molecular weight excluding hydrogens is 278 g/mol. The third-order valence-corrected chi connectivity index (χ3v) is 3.27. The molecule has 0 aliphatic rings. The third-order valence-electron chi connectivity index (χ3n) is 2.86. The molecule has 0 aromatic heterocycles. The topological polar surface area (TPSA) is 62.6 Å². The molecular formula is C14H21ClN3O2+. The minimum absolute atomic E-state index is 0.492. The molecule has 0 saturated heterocycles. The second kappa shape index (κ2) is 7.87. The molecule has 0 spiro atoms. The normalized spacial score (nSPS) is 10.4. The van der Waals surface area contributed by atoms with Gasteiger partial charge in [0.1, 0.15) is 0 Å². The Kier molecular flexibility index (Phi) is 6.48. The number of halogens is 1. The van der Waals surface area contributed by atoms with Crippen molar-refractivity contribution in [1.29, 1.82) is 0 Å². The molecule has 0 aliphatic carbocycles. The van der Waals surface area contributed by atoms with E-state index in [2.05, 4.69) is 10.6 Å². The van der Waals surface area contributed by atoms with Crippen molar-refractivity contribution in [2.24, 2.45) is 0 Å². The van der Waals surface area contributed by atoms with Gasteiger partial charge in [0.25, 0.3) is 0 Å². The van der Waals surface area contributed by atoms with E-state index in [1.165, 1.54) is 4.90 Å². The highest BCUT2D eigenvalue weighted by Gasteiger charge is 2.14. The summed E-state index contributed by atoms with van der Waals surface area (Å²) in [5.41, 5.74) is 1.29. The lowest BCUT2D eigenvalue weighted by molar-refractivity contribution is -0.858. The van der Waals surface area contributed by atoms with E-state index in [1.807, 2.05) is 14.1 Å². The van der Waals surface area contributed by atoms with E-state index in [0.717, 1.165) is 18.5 Å². The predicted molar refractivity (Wildman–Crippen MR) is 80.1 cm³/mol. The summed E-state index contributed by atoms with van der Waals surface area (Å²) in [4.78, 5) is 24.7. The quantitative estimate of drug-likeness (QED) is 0.539. The third kappa shape index (κ3) is 5.19. The second-order valence-electron chi connectivity index (χ2n) is 4.93. The van der Waals surface area contributed by atoms with Gasteiger partial charge in [-0.3, -0.25) is 9.59 Å². The fraction of sp³-hybridized carbons (Fsp3) is 0.429. The number of carbonyl (C=O) groups excluding carboxylic acids is 2.